The minimum atomic E-state index is -1.14. The van der Waals surface area contributed by atoms with Gasteiger partial charge in [0.2, 0.25) is 6.29 Å². The molecule has 18 heavy (non-hydrogen) atoms. The zero-order valence-electron chi connectivity index (χ0n) is 9.34. The summed E-state index contributed by atoms with van der Waals surface area (Å²) in [5.41, 5.74) is 0. The summed E-state index contributed by atoms with van der Waals surface area (Å²) in [6.07, 6.45) is -4.68. The van der Waals surface area contributed by atoms with Crippen LogP contribution in [-0.4, -0.2) is 77.6 Å². The van der Waals surface area contributed by atoms with E-state index in [2.05, 4.69) is 28.3 Å². The summed E-state index contributed by atoms with van der Waals surface area (Å²) in [4.78, 5) is 8.61. The molecule has 5 unspecified atom stereocenters. The highest BCUT2D eigenvalue weighted by atomic mass is 17.2. The molecular formula is C6H7B5O7. The summed E-state index contributed by atoms with van der Waals surface area (Å²) in [7, 11) is 25.0. The van der Waals surface area contributed by atoms with Crippen molar-refractivity contribution in [3.05, 3.63) is 0 Å². The number of hydrogen-bond acceptors (Lipinski definition) is 7. The molecule has 1 fully saturated rings. The number of rotatable bonds is 7. The summed E-state index contributed by atoms with van der Waals surface area (Å²) in [6, 6.07) is 0. The van der Waals surface area contributed by atoms with Gasteiger partial charge in [-0.3, -0.25) is 0 Å². The van der Waals surface area contributed by atoms with Gasteiger partial charge in [-0.15, -0.1) is 0 Å². The van der Waals surface area contributed by atoms with E-state index in [-0.39, 0.29) is 6.61 Å². The maximum atomic E-state index is 5.33. The van der Waals surface area contributed by atoms with E-state index in [0.717, 1.165) is 0 Å². The van der Waals surface area contributed by atoms with E-state index in [1.165, 1.54) is 0 Å². The van der Waals surface area contributed by atoms with E-state index in [1.54, 1.807) is 0 Å². The molecule has 88 valence electrons. The lowest BCUT2D eigenvalue weighted by molar-refractivity contribution is -0.379. The van der Waals surface area contributed by atoms with Gasteiger partial charge in [0, 0.05) is 0 Å². The summed E-state index contributed by atoms with van der Waals surface area (Å²) in [6.45, 7) is -0.0799. The largest absolute Gasteiger partial charge is 0.445 e. The van der Waals surface area contributed by atoms with Crippen LogP contribution in [0.25, 0.3) is 0 Å². The Morgan fingerprint density at radius 1 is 0.833 bits per heavy atom. The lowest BCUT2D eigenvalue weighted by Gasteiger charge is -2.45. The average Bonchev–Trinajstić information content (AvgIpc) is 2.38. The van der Waals surface area contributed by atoms with Crippen LogP contribution < -0.4 is 0 Å². The Balaban J connectivity index is 2.84. The molecule has 0 saturated carbocycles. The third-order valence-corrected chi connectivity index (χ3v) is 2.47. The van der Waals surface area contributed by atoms with Crippen LogP contribution in [0, 0.1) is 0 Å². The molecule has 0 aromatic heterocycles. The Hall–Kier alpha value is 0.0447. The predicted molar refractivity (Wildman–Crippen MR) is 60.2 cm³/mol. The molecule has 1 saturated heterocycles. The van der Waals surface area contributed by atoms with Gasteiger partial charge in [-0.1, -0.05) is 0 Å². The molecule has 0 bridgehead atoms. The van der Waals surface area contributed by atoms with Crippen molar-refractivity contribution in [1.82, 2.24) is 0 Å². The third kappa shape index (κ3) is 3.54. The molecule has 0 aliphatic carbocycles. The highest BCUT2D eigenvalue weighted by Gasteiger charge is 2.46. The van der Waals surface area contributed by atoms with Gasteiger partial charge < -0.3 is 28.2 Å². The number of hydrogen-bond donors (Lipinski definition) is 0. The zero-order valence-corrected chi connectivity index (χ0v) is 9.34. The Bertz CT molecular complexity index is 216. The molecule has 0 spiro atoms. The van der Waals surface area contributed by atoms with Gasteiger partial charge in [0.25, 0.3) is 32.2 Å². The van der Waals surface area contributed by atoms with Gasteiger partial charge in [-0.05, 0) is 0 Å². The molecule has 1 heterocycles. The van der Waals surface area contributed by atoms with Crippen LogP contribution in [0.3, 0.4) is 0 Å². The highest BCUT2D eigenvalue weighted by molar-refractivity contribution is 5.99. The summed E-state index contributed by atoms with van der Waals surface area (Å²) < 4.78 is 23.8. The molecule has 0 aromatic carbocycles. The monoisotopic (exact) mass is 246 g/mol. The van der Waals surface area contributed by atoms with Gasteiger partial charge in [0.05, 0.1) is 18.8 Å². The summed E-state index contributed by atoms with van der Waals surface area (Å²) in [5.74, 6) is 0. The summed E-state index contributed by atoms with van der Waals surface area (Å²) in [5, 5.41) is 0. The second-order valence-electron chi connectivity index (χ2n) is 3.37. The van der Waals surface area contributed by atoms with Crippen molar-refractivity contribution in [2.45, 2.75) is 30.7 Å². The van der Waals surface area contributed by atoms with Crippen LogP contribution in [0.2, 0.25) is 0 Å². The second-order valence-corrected chi connectivity index (χ2v) is 3.37. The van der Waals surface area contributed by atoms with Crippen LogP contribution in [0.15, 0.2) is 0 Å². The van der Waals surface area contributed by atoms with Crippen molar-refractivity contribution in [1.29, 1.82) is 0 Å². The van der Waals surface area contributed by atoms with Gasteiger partial charge in [-0.2, -0.15) is 0 Å². The quantitative estimate of drug-likeness (QED) is 0.274. The molecule has 1 aliphatic heterocycles. The minimum absolute atomic E-state index is 0.0799. The minimum Gasteiger partial charge on any atom is -0.445 e. The molecule has 10 radical (unpaired) electrons. The van der Waals surface area contributed by atoms with Crippen LogP contribution in [0.1, 0.15) is 0 Å². The molecule has 0 N–H and O–H groups in total. The van der Waals surface area contributed by atoms with Crippen molar-refractivity contribution in [3.63, 3.8) is 0 Å². The first-order valence-electron chi connectivity index (χ1n) is 4.79. The van der Waals surface area contributed by atoms with Gasteiger partial charge in [0.15, 0.2) is 0 Å². The fourth-order valence-electron chi connectivity index (χ4n) is 1.70. The number of ether oxygens (including phenoxy) is 1. The maximum absolute atomic E-state index is 5.33. The van der Waals surface area contributed by atoms with Gasteiger partial charge in [0.1, 0.15) is 12.2 Å². The molecule has 5 atom stereocenters. The van der Waals surface area contributed by atoms with E-state index in [0.29, 0.717) is 0 Å². The van der Waals surface area contributed by atoms with Crippen molar-refractivity contribution in [3.8, 4) is 0 Å². The molecule has 7 nitrogen and oxygen atoms in total. The molecule has 12 heteroatoms. The SMILES string of the molecule is [B]OCC1OC(OO[B])C(O[B])C(O[B])C1O[B]. The zero-order chi connectivity index (χ0) is 13.5. The van der Waals surface area contributed by atoms with Gasteiger partial charge >= 0.3 is 8.05 Å². The van der Waals surface area contributed by atoms with Crippen molar-refractivity contribution in [2.24, 2.45) is 0 Å². The first-order chi connectivity index (χ1) is 8.73. The van der Waals surface area contributed by atoms with Crippen LogP contribution >= 0.6 is 0 Å². The molecule has 1 rings (SSSR count). The van der Waals surface area contributed by atoms with Crippen LogP contribution in [0.4, 0.5) is 0 Å². The molecule has 1 aliphatic rings. The normalized spacial score (nSPS) is 36.6. The lowest BCUT2D eigenvalue weighted by atomic mass is 9.97. The topological polar surface area (TPSA) is 64.6 Å². The second kappa shape index (κ2) is 8.26. The molecular weight excluding hydrogens is 238 g/mol. The van der Waals surface area contributed by atoms with E-state index < -0.39 is 30.7 Å². The fraction of sp³-hybridized carbons (Fsp3) is 1.00. The smallest absolute Gasteiger partial charge is 0.338 e. The van der Waals surface area contributed by atoms with Crippen LogP contribution in [0.5, 0.6) is 0 Å². The highest BCUT2D eigenvalue weighted by Crippen LogP contribution is 2.27. The maximum Gasteiger partial charge on any atom is 0.338 e. The molecule has 0 amide bonds. The Labute approximate surface area is 111 Å². The van der Waals surface area contributed by atoms with Crippen molar-refractivity contribution >= 4 is 40.2 Å². The van der Waals surface area contributed by atoms with Crippen molar-refractivity contribution in [2.75, 3.05) is 6.61 Å². The predicted octanol–water partition coefficient (Wildman–Crippen LogP) is -2.75. The molecule has 0 aromatic rings. The fourth-order valence-corrected chi connectivity index (χ4v) is 1.70. The Morgan fingerprint density at radius 3 is 1.89 bits per heavy atom. The standard InChI is InChI=1S/C6H7B5O7/c7-12-1-2-3(14-8)4(15-9)5(16-10)6(13-2)17-18-11/h2-6H,1H2. The van der Waals surface area contributed by atoms with E-state index in [1.807, 2.05) is 0 Å². The Morgan fingerprint density at radius 2 is 1.44 bits per heavy atom. The lowest BCUT2D eigenvalue weighted by Crippen LogP contribution is -2.61. The van der Waals surface area contributed by atoms with E-state index in [9.17, 15) is 0 Å². The average molecular weight is 245 g/mol. The Kier molecular flexibility index (Phi) is 7.39. The summed E-state index contributed by atoms with van der Waals surface area (Å²) >= 11 is 0. The third-order valence-electron chi connectivity index (χ3n) is 2.47. The van der Waals surface area contributed by atoms with E-state index >= 15 is 0 Å². The van der Waals surface area contributed by atoms with E-state index in [4.69, 9.17) is 45.0 Å². The van der Waals surface area contributed by atoms with Gasteiger partial charge in [-0.25, -0.2) is 4.89 Å². The first kappa shape index (κ1) is 16.1. The first-order valence-corrected chi connectivity index (χ1v) is 4.79. The van der Waals surface area contributed by atoms with Crippen LogP contribution in [-0.2, 0) is 33.0 Å². The van der Waals surface area contributed by atoms with Crippen molar-refractivity contribution < 1.29 is 33.0 Å².